The number of benzene rings is 2. The van der Waals surface area contributed by atoms with Gasteiger partial charge in [0.25, 0.3) is 5.91 Å². The summed E-state index contributed by atoms with van der Waals surface area (Å²) in [5.74, 6) is 1.05. The molecule has 1 aliphatic heterocycles. The molecule has 0 radical (unpaired) electrons. The van der Waals surface area contributed by atoms with E-state index in [0.717, 1.165) is 41.2 Å². The van der Waals surface area contributed by atoms with Crippen molar-refractivity contribution >= 4 is 45.0 Å². The standard InChI is InChI=1S/C24H24N4O4S.ClH/c1-30-18-7-8-22-19(15-18)25-24(33-22)28(10-9-27-11-13-31-14-12-27)23(29)20-16-21(32-26-20)17-5-3-2-4-6-17;/h2-8,15-16H,9-14H2,1H3;1H. The second-order valence-electron chi connectivity index (χ2n) is 7.68. The van der Waals surface area contributed by atoms with Crippen molar-refractivity contribution in [3.8, 4) is 17.1 Å². The number of morpholine rings is 1. The highest BCUT2D eigenvalue weighted by Gasteiger charge is 2.26. The van der Waals surface area contributed by atoms with Gasteiger partial charge in [-0.15, -0.1) is 12.4 Å². The highest BCUT2D eigenvalue weighted by Crippen LogP contribution is 2.32. The molecule has 1 aliphatic rings. The molecule has 2 aromatic heterocycles. The van der Waals surface area contributed by atoms with Crippen molar-refractivity contribution in [3.05, 3.63) is 60.3 Å². The minimum Gasteiger partial charge on any atom is -0.497 e. The molecule has 0 aliphatic carbocycles. The number of thiazole rings is 1. The fourth-order valence-corrected chi connectivity index (χ4v) is 4.71. The number of methoxy groups -OCH3 is 1. The quantitative estimate of drug-likeness (QED) is 0.373. The van der Waals surface area contributed by atoms with Gasteiger partial charge in [0.05, 0.1) is 30.5 Å². The lowest BCUT2D eigenvalue weighted by molar-refractivity contribution is 0.0391. The maximum absolute atomic E-state index is 13.6. The van der Waals surface area contributed by atoms with Crippen molar-refractivity contribution in [1.82, 2.24) is 15.0 Å². The number of carbonyl (C=O) groups excluding carboxylic acids is 1. The first-order chi connectivity index (χ1) is 16.2. The molecule has 4 aromatic rings. The Kier molecular flexibility index (Phi) is 7.79. The summed E-state index contributed by atoms with van der Waals surface area (Å²) in [6.07, 6.45) is 0. The summed E-state index contributed by atoms with van der Waals surface area (Å²) >= 11 is 1.47. The number of hydrogen-bond acceptors (Lipinski definition) is 8. The SMILES string of the molecule is COc1ccc2sc(N(CCN3CCOCC3)C(=O)c3cc(-c4ccccc4)on3)nc2c1.Cl. The molecule has 3 heterocycles. The number of halogens is 1. The minimum atomic E-state index is -0.236. The van der Waals surface area contributed by atoms with E-state index in [9.17, 15) is 4.79 Å². The number of amides is 1. The van der Waals surface area contributed by atoms with Gasteiger partial charge in [0.2, 0.25) is 0 Å². The zero-order valence-electron chi connectivity index (χ0n) is 18.7. The third-order valence-corrected chi connectivity index (χ3v) is 6.65. The lowest BCUT2D eigenvalue weighted by Gasteiger charge is -2.28. The Morgan fingerprint density at radius 2 is 1.94 bits per heavy atom. The highest BCUT2D eigenvalue weighted by molar-refractivity contribution is 7.22. The molecular weight excluding hydrogens is 476 g/mol. The Bertz CT molecular complexity index is 1240. The predicted molar refractivity (Wildman–Crippen MR) is 134 cm³/mol. The summed E-state index contributed by atoms with van der Waals surface area (Å²) in [7, 11) is 1.63. The summed E-state index contributed by atoms with van der Waals surface area (Å²) in [5, 5.41) is 4.70. The Labute approximate surface area is 207 Å². The Hall–Kier alpha value is -2.98. The second-order valence-corrected chi connectivity index (χ2v) is 8.69. The third kappa shape index (κ3) is 5.23. The van der Waals surface area contributed by atoms with Crippen LogP contribution < -0.4 is 9.64 Å². The number of rotatable bonds is 7. The van der Waals surface area contributed by atoms with Gasteiger partial charge in [-0.3, -0.25) is 14.6 Å². The van der Waals surface area contributed by atoms with Gasteiger partial charge in [-0.1, -0.05) is 46.8 Å². The molecule has 178 valence electrons. The lowest BCUT2D eigenvalue weighted by Crippen LogP contribution is -2.43. The van der Waals surface area contributed by atoms with E-state index < -0.39 is 0 Å². The average Bonchev–Trinajstić information content (AvgIpc) is 3.52. The van der Waals surface area contributed by atoms with Crippen molar-refractivity contribution < 1.29 is 18.8 Å². The van der Waals surface area contributed by atoms with Gasteiger partial charge in [-0.2, -0.15) is 0 Å². The fraction of sp³-hybridized carbons (Fsp3) is 0.292. The molecule has 0 bridgehead atoms. The molecule has 8 nitrogen and oxygen atoms in total. The third-order valence-electron chi connectivity index (χ3n) is 5.59. The number of ether oxygens (including phenoxy) is 2. The largest absolute Gasteiger partial charge is 0.497 e. The van der Waals surface area contributed by atoms with Crippen LogP contribution in [-0.4, -0.2) is 67.5 Å². The van der Waals surface area contributed by atoms with Gasteiger partial charge in [-0.05, 0) is 12.1 Å². The number of anilines is 1. The Morgan fingerprint density at radius 1 is 1.15 bits per heavy atom. The van der Waals surface area contributed by atoms with Gasteiger partial charge in [-0.25, -0.2) is 4.98 Å². The molecule has 1 fully saturated rings. The lowest BCUT2D eigenvalue weighted by atomic mass is 10.1. The summed E-state index contributed by atoms with van der Waals surface area (Å²) in [6.45, 7) is 4.32. The summed E-state index contributed by atoms with van der Waals surface area (Å²) in [4.78, 5) is 22.3. The van der Waals surface area contributed by atoms with Gasteiger partial charge < -0.3 is 14.0 Å². The first kappa shape index (κ1) is 24.2. The Balaban J connectivity index is 0.00000274. The van der Waals surface area contributed by atoms with Crippen molar-refractivity contribution in [2.24, 2.45) is 0 Å². The van der Waals surface area contributed by atoms with E-state index in [1.807, 2.05) is 48.5 Å². The molecule has 1 saturated heterocycles. The van der Waals surface area contributed by atoms with Crippen LogP contribution in [-0.2, 0) is 4.74 Å². The summed E-state index contributed by atoms with van der Waals surface area (Å²) < 4.78 is 17.2. The number of fused-ring (bicyclic) bond motifs is 1. The maximum Gasteiger partial charge on any atom is 0.282 e. The van der Waals surface area contributed by atoms with Crippen LogP contribution in [0.25, 0.3) is 21.5 Å². The van der Waals surface area contributed by atoms with Crippen LogP contribution in [0.5, 0.6) is 5.75 Å². The number of aromatic nitrogens is 2. The molecule has 10 heteroatoms. The molecule has 2 aromatic carbocycles. The van der Waals surface area contributed by atoms with Crippen molar-refractivity contribution in [3.63, 3.8) is 0 Å². The zero-order chi connectivity index (χ0) is 22.6. The number of nitrogens with zero attached hydrogens (tertiary/aromatic N) is 4. The molecule has 0 spiro atoms. The van der Waals surface area contributed by atoms with E-state index in [1.165, 1.54) is 11.3 Å². The van der Waals surface area contributed by atoms with Crippen molar-refractivity contribution in [2.75, 3.05) is 51.4 Å². The molecule has 34 heavy (non-hydrogen) atoms. The van der Waals surface area contributed by atoms with E-state index in [4.69, 9.17) is 19.0 Å². The molecule has 5 rings (SSSR count). The smallest absolute Gasteiger partial charge is 0.282 e. The van der Waals surface area contributed by atoms with E-state index in [2.05, 4.69) is 10.1 Å². The van der Waals surface area contributed by atoms with Crippen LogP contribution in [0.1, 0.15) is 10.5 Å². The van der Waals surface area contributed by atoms with Gasteiger partial charge in [0.1, 0.15) is 5.75 Å². The number of carbonyl (C=O) groups is 1. The van der Waals surface area contributed by atoms with Crippen LogP contribution in [0.4, 0.5) is 5.13 Å². The predicted octanol–water partition coefficient (Wildman–Crippen LogP) is 4.36. The minimum absolute atomic E-state index is 0. The van der Waals surface area contributed by atoms with E-state index >= 15 is 0 Å². The topological polar surface area (TPSA) is 80.9 Å². The monoisotopic (exact) mass is 500 g/mol. The molecular formula is C24H25ClN4O4S. The summed E-state index contributed by atoms with van der Waals surface area (Å²) in [5.41, 5.74) is 1.92. The van der Waals surface area contributed by atoms with Crippen LogP contribution in [0.2, 0.25) is 0 Å². The van der Waals surface area contributed by atoms with Crippen LogP contribution in [0.15, 0.2) is 59.1 Å². The fourth-order valence-electron chi connectivity index (χ4n) is 3.74. The second kappa shape index (κ2) is 11.0. The van der Waals surface area contributed by atoms with Crippen molar-refractivity contribution in [1.29, 1.82) is 0 Å². The highest BCUT2D eigenvalue weighted by atomic mass is 35.5. The number of hydrogen-bond donors (Lipinski definition) is 0. The average molecular weight is 501 g/mol. The molecule has 0 saturated carbocycles. The van der Waals surface area contributed by atoms with Crippen LogP contribution in [0, 0.1) is 0 Å². The van der Waals surface area contributed by atoms with Gasteiger partial charge in [0, 0.05) is 43.9 Å². The normalized spacial score (nSPS) is 14.0. The molecule has 0 unspecified atom stereocenters. The van der Waals surface area contributed by atoms with Gasteiger partial charge in [0.15, 0.2) is 16.6 Å². The molecule has 0 atom stereocenters. The maximum atomic E-state index is 13.6. The van der Waals surface area contributed by atoms with E-state index in [1.54, 1.807) is 18.1 Å². The van der Waals surface area contributed by atoms with E-state index in [0.29, 0.717) is 30.7 Å². The van der Waals surface area contributed by atoms with Crippen molar-refractivity contribution in [2.45, 2.75) is 0 Å². The molecule has 1 amide bonds. The van der Waals surface area contributed by atoms with Crippen LogP contribution in [0.3, 0.4) is 0 Å². The van der Waals surface area contributed by atoms with E-state index in [-0.39, 0.29) is 24.0 Å². The zero-order valence-corrected chi connectivity index (χ0v) is 20.3. The summed E-state index contributed by atoms with van der Waals surface area (Å²) in [6, 6.07) is 17.0. The van der Waals surface area contributed by atoms with Gasteiger partial charge >= 0.3 is 0 Å². The Morgan fingerprint density at radius 3 is 2.71 bits per heavy atom. The molecule has 0 N–H and O–H groups in total. The first-order valence-corrected chi connectivity index (χ1v) is 11.6. The first-order valence-electron chi connectivity index (χ1n) is 10.8. The van der Waals surface area contributed by atoms with Crippen LogP contribution >= 0.6 is 23.7 Å².